The van der Waals surface area contributed by atoms with Gasteiger partial charge in [-0.25, -0.2) is 0 Å². The summed E-state index contributed by atoms with van der Waals surface area (Å²) in [5.41, 5.74) is 19.9. The van der Waals surface area contributed by atoms with E-state index in [0.717, 1.165) is 57.4 Å². The van der Waals surface area contributed by atoms with Crippen LogP contribution in [0.4, 0.5) is 11.4 Å². The first-order chi connectivity index (χ1) is 12.8. The molecular weight excluding hydrogens is 397 g/mol. The van der Waals surface area contributed by atoms with E-state index in [1.165, 1.54) is 22.3 Å². The van der Waals surface area contributed by atoms with Gasteiger partial charge in [0.2, 0.25) is 0 Å². The first-order valence-electron chi connectivity index (χ1n) is 8.79. The zero-order chi connectivity index (χ0) is 18.2. The molecule has 0 spiro atoms. The normalized spacial score (nSPS) is 17.2. The highest BCUT2D eigenvalue weighted by molar-refractivity contribution is 8.02. The van der Waals surface area contributed by atoms with Gasteiger partial charge in [-0.1, -0.05) is 36.4 Å². The number of hydrogen-bond donors (Lipinski definition) is 2. The van der Waals surface area contributed by atoms with Gasteiger partial charge in [-0.15, -0.1) is 0 Å². The van der Waals surface area contributed by atoms with Gasteiger partial charge >= 0.3 is 0 Å². The second-order valence-electron chi connectivity index (χ2n) is 6.19. The Labute approximate surface area is 174 Å². The van der Waals surface area contributed by atoms with Crippen molar-refractivity contribution in [3.05, 3.63) is 58.7 Å². The molecule has 1 aliphatic rings. The molecule has 3 rings (SSSR count). The maximum absolute atomic E-state index is 6.40. The zero-order valence-corrected chi connectivity index (χ0v) is 18.2. The predicted molar refractivity (Wildman–Crippen MR) is 126 cm³/mol. The predicted octanol–water partition coefficient (Wildman–Crippen LogP) is 5.50. The van der Waals surface area contributed by atoms with Gasteiger partial charge in [0.15, 0.2) is 0 Å². The Morgan fingerprint density at radius 1 is 0.500 bits per heavy atom. The number of rotatable bonds is 0. The number of hydrogen-bond acceptors (Lipinski definition) is 6. The first-order valence-corrected chi connectivity index (χ1v) is 13.4. The lowest BCUT2D eigenvalue weighted by Gasteiger charge is -2.13. The minimum atomic E-state index is 0.997. The van der Waals surface area contributed by atoms with E-state index >= 15 is 0 Å². The summed E-state index contributed by atoms with van der Waals surface area (Å²) in [6, 6.07) is 13.0. The molecule has 0 saturated carbocycles. The van der Waals surface area contributed by atoms with Gasteiger partial charge in [-0.2, -0.15) is 47.0 Å². The van der Waals surface area contributed by atoms with E-state index < -0.39 is 0 Å². The molecule has 0 radical (unpaired) electrons. The minimum Gasteiger partial charge on any atom is -0.398 e. The Hall–Kier alpha value is -0.560. The summed E-state index contributed by atoms with van der Waals surface area (Å²) in [6.45, 7) is 0. The lowest BCUT2D eigenvalue weighted by Crippen LogP contribution is -2.01. The van der Waals surface area contributed by atoms with E-state index in [2.05, 4.69) is 36.4 Å². The topological polar surface area (TPSA) is 52.0 Å². The van der Waals surface area contributed by atoms with Crippen LogP contribution in [0.15, 0.2) is 36.4 Å². The van der Waals surface area contributed by atoms with E-state index in [9.17, 15) is 0 Å². The van der Waals surface area contributed by atoms with E-state index in [1.54, 1.807) is 0 Å². The Balaban J connectivity index is 1.66. The smallest absolute Gasteiger partial charge is 0.0396 e. The molecule has 2 nitrogen and oxygen atoms in total. The highest BCUT2D eigenvalue weighted by atomic mass is 32.2. The van der Waals surface area contributed by atoms with Gasteiger partial charge in [0.05, 0.1) is 0 Å². The maximum atomic E-state index is 6.40. The van der Waals surface area contributed by atoms with E-state index in [1.807, 2.05) is 47.0 Å². The summed E-state index contributed by atoms with van der Waals surface area (Å²) < 4.78 is 0. The van der Waals surface area contributed by atoms with Crippen molar-refractivity contribution in [1.29, 1.82) is 0 Å². The number of nitrogens with two attached hydrogens (primary N) is 2. The summed E-state index contributed by atoms with van der Waals surface area (Å²) >= 11 is 7.88. The van der Waals surface area contributed by atoms with Crippen molar-refractivity contribution in [2.24, 2.45) is 0 Å². The quantitative estimate of drug-likeness (QED) is 0.547. The Morgan fingerprint density at radius 3 is 1.04 bits per heavy atom. The Kier molecular flexibility index (Phi) is 8.30. The van der Waals surface area contributed by atoms with Gasteiger partial charge in [-0.3, -0.25) is 0 Å². The minimum absolute atomic E-state index is 0.997. The van der Waals surface area contributed by atoms with Crippen LogP contribution >= 0.6 is 47.0 Å². The molecule has 0 aliphatic carbocycles. The standard InChI is InChI=1S/C20H26N2S4/c21-19-15-3-1-4-16(19)12-24-8-10-26-14-18-6-2-5-17(20(18)22)13-25-9-7-23-11-15/h1-6H,7-14,21-22H2. The summed E-state index contributed by atoms with van der Waals surface area (Å²) in [5, 5.41) is 0. The van der Waals surface area contributed by atoms with Crippen LogP contribution in [0.5, 0.6) is 0 Å². The van der Waals surface area contributed by atoms with Crippen molar-refractivity contribution in [3.63, 3.8) is 0 Å². The summed E-state index contributed by atoms with van der Waals surface area (Å²) in [7, 11) is 0. The molecule has 0 unspecified atom stereocenters. The second kappa shape index (κ2) is 10.7. The van der Waals surface area contributed by atoms with Crippen LogP contribution in [0.3, 0.4) is 0 Å². The fourth-order valence-electron chi connectivity index (χ4n) is 2.80. The molecule has 4 bridgehead atoms. The molecular formula is C20H26N2S4. The van der Waals surface area contributed by atoms with Crippen molar-refractivity contribution < 1.29 is 0 Å². The third-order valence-electron chi connectivity index (χ3n) is 4.35. The average Bonchev–Trinajstić information content (AvgIpc) is 2.64. The molecule has 0 atom stereocenters. The van der Waals surface area contributed by atoms with Crippen LogP contribution in [0, 0.1) is 0 Å². The largest absolute Gasteiger partial charge is 0.398 e. The molecule has 6 heteroatoms. The van der Waals surface area contributed by atoms with Crippen LogP contribution < -0.4 is 11.5 Å². The summed E-state index contributed by atoms with van der Waals surface area (Å²) in [5.74, 6) is 8.54. The van der Waals surface area contributed by atoms with Gasteiger partial charge in [0.25, 0.3) is 0 Å². The fourth-order valence-corrected chi connectivity index (χ4v) is 7.15. The van der Waals surface area contributed by atoms with Gasteiger partial charge in [0.1, 0.15) is 0 Å². The number of fused-ring (bicyclic) bond motifs is 4. The van der Waals surface area contributed by atoms with E-state index in [0.29, 0.717) is 0 Å². The van der Waals surface area contributed by atoms with Crippen molar-refractivity contribution in [1.82, 2.24) is 0 Å². The molecule has 2 aromatic carbocycles. The maximum Gasteiger partial charge on any atom is 0.0396 e. The number of nitrogen functional groups attached to an aromatic ring is 2. The number of para-hydroxylation sites is 2. The molecule has 1 heterocycles. The van der Waals surface area contributed by atoms with Crippen LogP contribution in [-0.4, -0.2) is 23.0 Å². The summed E-state index contributed by atoms with van der Waals surface area (Å²) in [6.07, 6.45) is 0. The third kappa shape index (κ3) is 5.72. The molecule has 0 amide bonds. The number of thioether (sulfide) groups is 4. The summed E-state index contributed by atoms with van der Waals surface area (Å²) in [4.78, 5) is 0. The molecule has 26 heavy (non-hydrogen) atoms. The SMILES string of the molecule is Nc1c2cccc1CSCCSCc1cccc(c1N)CSCCSC2. The van der Waals surface area contributed by atoms with Crippen LogP contribution in [-0.2, 0) is 23.0 Å². The van der Waals surface area contributed by atoms with Crippen LogP contribution in [0.1, 0.15) is 22.3 Å². The van der Waals surface area contributed by atoms with Crippen LogP contribution in [0.25, 0.3) is 0 Å². The van der Waals surface area contributed by atoms with Crippen molar-refractivity contribution in [3.8, 4) is 0 Å². The molecule has 1 aliphatic heterocycles. The lowest BCUT2D eigenvalue weighted by molar-refractivity contribution is 1.31. The van der Waals surface area contributed by atoms with Crippen LogP contribution in [0.2, 0.25) is 0 Å². The third-order valence-corrected chi connectivity index (χ3v) is 8.90. The molecule has 0 fully saturated rings. The number of anilines is 2. The second-order valence-corrected chi connectivity index (χ2v) is 10.6. The Bertz CT molecular complexity index is 607. The molecule has 0 aromatic heterocycles. The van der Waals surface area contributed by atoms with Crippen molar-refractivity contribution >= 4 is 58.4 Å². The highest BCUT2D eigenvalue weighted by Gasteiger charge is 2.08. The monoisotopic (exact) mass is 422 g/mol. The molecule has 4 N–H and O–H groups in total. The molecule has 140 valence electrons. The van der Waals surface area contributed by atoms with Crippen molar-refractivity contribution in [2.45, 2.75) is 23.0 Å². The Morgan fingerprint density at radius 2 is 0.769 bits per heavy atom. The van der Waals surface area contributed by atoms with E-state index in [-0.39, 0.29) is 0 Å². The fraction of sp³-hybridized carbons (Fsp3) is 0.400. The van der Waals surface area contributed by atoms with Gasteiger partial charge in [-0.05, 0) is 22.3 Å². The highest BCUT2D eigenvalue weighted by Crippen LogP contribution is 2.29. The van der Waals surface area contributed by atoms with Crippen molar-refractivity contribution in [2.75, 3.05) is 34.5 Å². The van der Waals surface area contributed by atoms with Gasteiger partial charge < -0.3 is 11.5 Å². The van der Waals surface area contributed by atoms with E-state index in [4.69, 9.17) is 11.5 Å². The molecule has 0 saturated heterocycles. The van der Waals surface area contributed by atoms with Gasteiger partial charge in [0, 0.05) is 57.4 Å². The zero-order valence-electron chi connectivity index (χ0n) is 14.9. The lowest BCUT2D eigenvalue weighted by atomic mass is 10.1. The molecule has 2 aromatic rings. The number of benzene rings is 2. The average molecular weight is 423 g/mol. The first kappa shape index (κ1) is 20.2.